The summed E-state index contributed by atoms with van der Waals surface area (Å²) in [6, 6.07) is 0. The SMILES string of the molecule is CC/C=C\C/C=C\C/C=C\C/C=C\CCCCCCCCCCC(=O)OCC(COC(=O)CCCCCCCCCCCCCC)OC(=O)CC/C=C\C/C=C\C/C=C\C/C=C\CC. The monoisotopic (exact) mass is 889 g/mol. The van der Waals surface area contributed by atoms with E-state index < -0.39 is 12.1 Å². The van der Waals surface area contributed by atoms with Crippen LogP contribution in [-0.4, -0.2) is 37.2 Å². The number of carbonyl (C=O) groups excluding carboxylic acids is 3. The molecule has 0 bridgehead atoms. The van der Waals surface area contributed by atoms with Crippen LogP contribution in [0.15, 0.2) is 97.2 Å². The lowest BCUT2D eigenvalue weighted by Crippen LogP contribution is -2.30. The van der Waals surface area contributed by atoms with Crippen molar-refractivity contribution in [3.05, 3.63) is 97.2 Å². The summed E-state index contributed by atoms with van der Waals surface area (Å²) in [5, 5.41) is 0. The maximum absolute atomic E-state index is 12.7. The summed E-state index contributed by atoms with van der Waals surface area (Å²) in [6.45, 7) is 6.33. The molecule has 0 spiro atoms. The van der Waals surface area contributed by atoms with Crippen molar-refractivity contribution >= 4 is 17.9 Å². The normalized spacial score (nSPS) is 12.9. The molecule has 0 saturated carbocycles. The number of carbonyl (C=O) groups is 3. The van der Waals surface area contributed by atoms with Crippen LogP contribution in [0.4, 0.5) is 0 Å². The maximum atomic E-state index is 12.7. The number of esters is 3. The molecule has 0 aromatic carbocycles. The van der Waals surface area contributed by atoms with Gasteiger partial charge < -0.3 is 14.2 Å². The first-order valence-electron chi connectivity index (χ1n) is 26.2. The molecule has 6 heteroatoms. The Kier molecular flexibility index (Phi) is 49.0. The smallest absolute Gasteiger partial charge is 0.306 e. The number of hydrogen-bond donors (Lipinski definition) is 0. The summed E-state index contributed by atoms with van der Waals surface area (Å²) in [7, 11) is 0. The molecule has 0 heterocycles. The third-order valence-corrected chi connectivity index (χ3v) is 10.8. The molecular weight excluding hydrogens is 793 g/mol. The highest BCUT2D eigenvalue weighted by Gasteiger charge is 2.19. The molecule has 6 nitrogen and oxygen atoms in total. The zero-order valence-corrected chi connectivity index (χ0v) is 41.5. The van der Waals surface area contributed by atoms with E-state index in [9.17, 15) is 14.4 Å². The zero-order chi connectivity index (χ0) is 46.5. The van der Waals surface area contributed by atoms with Crippen LogP contribution in [0.3, 0.4) is 0 Å². The second-order valence-electron chi connectivity index (χ2n) is 17.0. The summed E-state index contributed by atoms with van der Waals surface area (Å²) < 4.78 is 16.7. The van der Waals surface area contributed by atoms with Gasteiger partial charge in [0, 0.05) is 19.3 Å². The molecule has 0 fully saturated rings. The Hall–Kier alpha value is -3.67. The van der Waals surface area contributed by atoms with Crippen molar-refractivity contribution in [2.24, 2.45) is 0 Å². The molecule has 1 unspecified atom stereocenters. The van der Waals surface area contributed by atoms with Crippen molar-refractivity contribution in [2.45, 2.75) is 239 Å². The average molecular weight is 889 g/mol. The van der Waals surface area contributed by atoms with Gasteiger partial charge in [-0.25, -0.2) is 0 Å². The molecule has 1 atom stereocenters. The standard InChI is InChI=1S/C58H96O6/c1-4-7-10-13-16-19-22-25-26-27-28-29-30-31-32-34-36-39-42-45-48-51-57(60)63-54-55(53-62-56(59)50-47-44-41-38-35-24-21-18-15-12-9-6-3)64-58(61)52-49-46-43-40-37-33-23-20-17-14-11-8-5-2/h7-8,10-11,16-17,19-20,25-26,28-29,33,37,43,46,55H,4-6,9,12-15,18,21-24,27,30-32,34-36,38-42,44-45,47-54H2,1-3H3/b10-7-,11-8-,19-16-,20-17-,26-25-,29-28-,37-33-,46-43-. The highest BCUT2D eigenvalue weighted by molar-refractivity contribution is 5.71. The van der Waals surface area contributed by atoms with E-state index in [2.05, 4.69) is 106 Å². The van der Waals surface area contributed by atoms with Crippen LogP contribution >= 0.6 is 0 Å². The van der Waals surface area contributed by atoms with E-state index in [4.69, 9.17) is 14.2 Å². The van der Waals surface area contributed by atoms with Gasteiger partial charge in [0.2, 0.25) is 0 Å². The van der Waals surface area contributed by atoms with Gasteiger partial charge >= 0.3 is 17.9 Å². The van der Waals surface area contributed by atoms with Crippen molar-refractivity contribution in [2.75, 3.05) is 13.2 Å². The highest BCUT2D eigenvalue weighted by Crippen LogP contribution is 2.14. The topological polar surface area (TPSA) is 78.9 Å². The van der Waals surface area contributed by atoms with E-state index in [1.807, 2.05) is 12.2 Å². The van der Waals surface area contributed by atoms with Crippen LogP contribution in [0.5, 0.6) is 0 Å². The minimum absolute atomic E-state index is 0.108. The van der Waals surface area contributed by atoms with Crippen LogP contribution in [0.1, 0.15) is 233 Å². The van der Waals surface area contributed by atoms with Crippen LogP contribution in [0, 0.1) is 0 Å². The van der Waals surface area contributed by atoms with Gasteiger partial charge in [-0.05, 0) is 83.5 Å². The molecule has 364 valence electrons. The van der Waals surface area contributed by atoms with Crippen molar-refractivity contribution < 1.29 is 28.6 Å². The van der Waals surface area contributed by atoms with Gasteiger partial charge in [0.05, 0.1) is 0 Å². The molecule has 0 amide bonds. The van der Waals surface area contributed by atoms with Gasteiger partial charge in [0.1, 0.15) is 13.2 Å². The number of hydrogen-bond acceptors (Lipinski definition) is 6. The number of unbranched alkanes of at least 4 members (excludes halogenated alkanes) is 19. The minimum atomic E-state index is -0.817. The van der Waals surface area contributed by atoms with Gasteiger partial charge in [-0.2, -0.15) is 0 Å². The first-order chi connectivity index (χ1) is 31.5. The third-order valence-electron chi connectivity index (χ3n) is 10.8. The molecule has 0 aromatic heterocycles. The van der Waals surface area contributed by atoms with E-state index in [1.54, 1.807) is 0 Å². The zero-order valence-electron chi connectivity index (χ0n) is 41.5. The van der Waals surface area contributed by atoms with Crippen molar-refractivity contribution in [1.82, 2.24) is 0 Å². The van der Waals surface area contributed by atoms with Crippen molar-refractivity contribution in [3.8, 4) is 0 Å². The second kappa shape index (κ2) is 52.0. The summed E-state index contributed by atoms with van der Waals surface area (Å²) in [6.07, 6.45) is 68.4. The quantitative estimate of drug-likeness (QED) is 0.0262. The fourth-order valence-electron chi connectivity index (χ4n) is 6.98. The fourth-order valence-corrected chi connectivity index (χ4v) is 6.98. The Morgan fingerprint density at radius 1 is 0.328 bits per heavy atom. The molecule has 0 aliphatic rings. The van der Waals surface area contributed by atoms with E-state index >= 15 is 0 Å². The van der Waals surface area contributed by atoms with E-state index in [1.165, 1.54) is 89.9 Å². The third kappa shape index (κ3) is 49.3. The van der Waals surface area contributed by atoms with E-state index in [-0.39, 0.29) is 31.6 Å². The Labute approximate surface area is 394 Å². The Morgan fingerprint density at radius 2 is 0.641 bits per heavy atom. The number of ether oxygens (including phenoxy) is 3. The predicted molar refractivity (Wildman–Crippen MR) is 274 cm³/mol. The van der Waals surface area contributed by atoms with Crippen LogP contribution in [0.25, 0.3) is 0 Å². The maximum Gasteiger partial charge on any atom is 0.306 e. The minimum Gasteiger partial charge on any atom is -0.462 e. The lowest BCUT2D eigenvalue weighted by Gasteiger charge is -2.18. The number of allylic oxidation sites excluding steroid dienone is 16. The molecule has 0 N–H and O–H groups in total. The summed E-state index contributed by atoms with van der Waals surface area (Å²) in [5.41, 5.74) is 0. The lowest BCUT2D eigenvalue weighted by molar-refractivity contribution is -0.166. The van der Waals surface area contributed by atoms with E-state index in [0.29, 0.717) is 19.3 Å². The van der Waals surface area contributed by atoms with E-state index in [0.717, 1.165) is 96.3 Å². The van der Waals surface area contributed by atoms with Gasteiger partial charge in [0.25, 0.3) is 0 Å². The molecule has 0 radical (unpaired) electrons. The fraction of sp³-hybridized carbons (Fsp3) is 0.672. The predicted octanol–water partition coefficient (Wildman–Crippen LogP) is 17.4. The molecule has 0 aliphatic heterocycles. The molecule has 0 aromatic rings. The Bertz CT molecular complexity index is 1300. The Morgan fingerprint density at radius 3 is 1.02 bits per heavy atom. The average Bonchev–Trinajstić information content (AvgIpc) is 3.29. The summed E-state index contributed by atoms with van der Waals surface area (Å²) in [5.74, 6) is -1.00. The van der Waals surface area contributed by atoms with Gasteiger partial charge in [0.15, 0.2) is 6.10 Å². The largest absolute Gasteiger partial charge is 0.462 e. The van der Waals surface area contributed by atoms with Crippen molar-refractivity contribution in [3.63, 3.8) is 0 Å². The van der Waals surface area contributed by atoms with Crippen LogP contribution < -0.4 is 0 Å². The van der Waals surface area contributed by atoms with Crippen LogP contribution in [0.2, 0.25) is 0 Å². The number of rotatable bonds is 46. The van der Waals surface area contributed by atoms with Gasteiger partial charge in [-0.3, -0.25) is 14.4 Å². The Balaban J connectivity index is 4.41. The first-order valence-corrected chi connectivity index (χ1v) is 26.2. The molecule has 0 aliphatic carbocycles. The summed E-state index contributed by atoms with van der Waals surface area (Å²) in [4.78, 5) is 37.9. The molecule has 64 heavy (non-hydrogen) atoms. The second-order valence-corrected chi connectivity index (χ2v) is 17.0. The highest BCUT2D eigenvalue weighted by atomic mass is 16.6. The lowest BCUT2D eigenvalue weighted by atomic mass is 10.0. The summed E-state index contributed by atoms with van der Waals surface area (Å²) >= 11 is 0. The molecular formula is C58H96O6. The first kappa shape index (κ1) is 60.3. The molecule has 0 saturated heterocycles. The van der Waals surface area contributed by atoms with Gasteiger partial charge in [-0.1, -0.05) is 227 Å². The van der Waals surface area contributed by atoms with Crippen LogP contribution in [-0.2, 0) is 28.6 Å². The van der Waals surface area contributed by atoms with Crippen molar-refractivity contribution in [1.29, 1.82) is 0 Å². The molecule has 0 rings (SSSR count). The van der Waals surface area contributed by atoms with Gasteiger partial charge in [-0.15, -0.1) is 0 Å².